The van der Waals surface area contributed by atoms with Gasteiger partial charge < -0.3 is 14.8 Å². The molecule has 1 amide bonds. The maximum absolute atomic E-state index is 13.6. The van der Waals surface area contributed by atoms with Gasteiger partial charge in [0.25, 0.3) is 5.91 Å². The standard InChI is InChI=1S/C19H22FNO3/c1-3-17(24-18-8-6-5-7-16(18)20)19(22)21-13-14-9-11-15(12-10-14)23-4-2/h5-12,17H,3-4,13H2,1-2H3,(H,21,22)/t17-/m1/s1. The van der Waals surface area contributed by atoms with Crippen LogP contribution in [0.25, 0.3) is 0 Å². The summed E-state index contributed by atoms with van der Waals surface area (Å²) in [5.41, 5.74) is 0.951. The molecule has 4 nitrogen and oxygen atoms in total. The number of ether oxygens (including phenoxy) is 2. The van der Waals surface area contributed by atoms with Crippen molar-refractivity contribution in [2.24, 2.45) is 0 Å². The summed E-state index contributed by atoms with van der Waals surface area (Å²) in [5.74, 6) is 0.132. The van der Waals surface area contributed by atoms with Gasteiger partial charge in [0.2, 0.25) is 0 Å². The summed E-state index contributed by atoms with van der Waals surface area (Å²) in [7, 11) is 0. The molecule has 128 valence electrons. The molecular weight excluding hydrogens is 309 g/mol. The lowest BCUT2D eigenvalue weighted by Gasteiger charge is -2.17. The maximum atomic E-state index is 13.6. The highest BCUT2D eigenvalue weighted by molar-refractivity contribution is 5.81. The van der Waals surface area contributed by atoms with Crippen LogP contribution in [0, 0.1) is 5.82 Å². The second-order valence-electron chi connectivity index (χ2n) is 5.24. The molecule has 0 heterocycles. The topological polar surface area (TPSA) is 47.6 Å². The predicted molar refractivity (Wildman–Crippen MR) is 90.6 cm³/mol. The monoisotopic (exact) mass is 331 g/mol. The van der Waals surface area contributed by atoms with Crippen LogP contribution in [0.1, 0.15) is 25.8 Å². The molecule has 0 bridgehead atoms. The zero-order valence-corrected chi connectivity index (χ0v) is 13.9. The van der Waals surface area contributed by atoms with Gasteiger partial charge in [0.1, 0.15) is 5.75 Å². The number of carbonyl (C=O) groups excluding carboxylic acids is 1. The number of rotatable bonds is 8. The van der Waals surface area contributed by atoms with Crippen LogP contribution in [0.3, 0.4) is 0 Å². The van der Waals surface area contributed by atoms with Crippen LogP contribution in [0.4, 0.5) is 4.39 Å². The van der Waals surface area contributed by atoms with E-state index in [-0.39, 0.29) is 11.7 Å². The normalized spacial score (nSPS) is 11.6. The van der Waals surface area contributed by atoms with E-state index in [1.807, 2.05) is 38.1 Å². The van der Waals surface area contributed by atoms with E-state index < -0.39 is 11.9 Å². The van der Waals surface area contributed by atoms with Crippen LogP contribution in [0.2, 0.25) is 0 Å². The fourth-order valence-corrected chi connectivity index (χ4v) is 2.19. The summed E-state index contributed by atoms with van der Waals surface area (Å²) >= 11 is 0. The molecule has 1 N–H and O–H groups in total. The van der Waals surface area contributed by atoms with Gasteiger partial charge in [-0.1, -0.05) is 31.2 Å². The van der Waals surface area contributed by atoms with Gasteiger partial charge in [0.15, 0.2) is 17.7 Å². The summed E-state index contributed by atoms with van der Waals surface area (Å²) in [4.78, 5) is 12.2. The Bertz CT molecular complexity index is 658. The van der Waals surface area contributed by atoms with E-state index in [9.17, 15) is 9.18 Å². The second kappa shape index (κ2) is 8.91. The first-order chi connectivity index (χ1) is 11.6. The zero-order valence-electron chi connectivity index (χ0n) is 13.9. The van der Waals surface area contributed by atoms with E-state index >= 15 is 0 Å². The van der Waals surface area contributed by atoms with Crippen molar-refractivity contribution in [3.8, 4) is 11.5 Å². The van der Waals surface area contributed by atoms with Gasteiger partial charge in [0.05, 0.1) is 6.61 Å². The molecule has 2 aromatic carbocycles. The first-order valence-corrected chi connectivity index (χ1v) is 8.04. The molecular formula is C19H22FNO3. The lowest BCUT2D eigenvalue weighted by atomic mass is 10.2. The number of para-hydroxylation sites is 1. The number of carbonyl (C=O) groups is 1. The molecule has 0 saturated heterocycles. The molecule has 0 saturated carbocycles. The first-order valence-electron chi connectivity index (χ1n) is 8.04. The molecule has 0 aliphatic heterocycles. The zero-order chi connectivity index (χ0) is 17.4. The largest absolute Gasteiger partial charge is 0.494 e. The number of hydrogen-bond donors (Lipinski definition) is 1. The predicted octanol–water partition coefficient (Wildman–Crippen LogP) is 3.70. The highest BCUT2D eigenvalue weighted by Gasteiger charge is 2.19. The quantitative estimate of drug-likeness (QED) is 0.802. The van der Waals surface area contributed by atoms with Crippen LogP contribution >= 0.6 is 0 Å². The van der Waals surface area contributed by atoms with Crippen LogP contribution in [-0.4, -0.2) is 18.6 Å². The molecule has 0 aliphatic carbocycles. The van der Waals surface area contributed by atoms with Crippen molar-refractivity contribution in [3.05, 3.63) is 59.9 Å². The third-order valence-electron chi connectivity index (χ3n) is 3.47. The molecule has 1 atom stereocenters. The minimum absolute atomic E-state index is 0.0839. The number of amides is 1. The molecule has 5 heteroatoms. The fourth-order valence-electron chi connectivity index (χ4n) is 2.19. The average molecular weight is 331 g/mol. The summed E-state index contributed by atoms with van der Waals surface area (Å²) in [6, 6.07) is 13.6. The van der Waals surface area contributed by atoms with Gasteiger partial charge in [-0.2, -0.15) is 0 Å². The third-order valence-corrected chi connectivity index (χ3v) is 3.47. The highest BCUT2D eigenvalue weighted by atomic mass is 19.1. The molecule has 0 aromatic heterocycles. The Morgan fingerprint density at radius 1 is 1.12 bits per heavy atom. The Hall–Kier alpha value is -2.56. The van der Waals surface area contributed by atoms with E-state index in [0.29, 0.717) is 19.6 Å². The second-order valence-corrected chi connectivity index (χ2v) is 5.24. The maximum Gasteiger partial charge on any atom is 0.261 e. The molecule has 0 unspecified atom stereocenters. The highest BCUT2D eigenvalue weighted by Crippen LogP contribution is 2.18. The number of nitrogens with one attached hydrogen (secondary N) is 1. The lowest BCUT2D eigenvalue weighted by molar-refractivity contribution is -0.128. The summed E-state index contributed by atoms with van der Waals surface area (Å²) in [5, 5.41) is 2.81. The van der Waals surface area contributed by atoms with E-state index in [0.717, 1.165) is 11.3 Å². The molecule has 0 aliphatic rings. The SMILES string of the molecule is CCOc1ccc(CNC(=O)[C@@H](CC)Oc2ccccc2F)cc1. The lowest BCUT2D eigenvalue weighted by Crippen LogP contribution is -2.37. The van der Waals surface area contributed by atoms with Crippen molar-refractivity contribution in [1.29, 1.82) is 0 Å². The third kappa shape index (κ3) is 4.98. The molecule has 0 spiro atoms. The molecule has 0 fully saturated rings. The van der Waals surface area contributed by atoms with Gasteiger partial charge >= 0.3 is 0 Å². The summed E-state index contributed by atoms with van der Waals surface area (Å²) < 4.78 is 24.5. The molecule has 2 aromatic rings. The van der Waals surface area contributed by atoms with Crippen molar-refractivity contribution >= 4 is 5.91 Å². The smallest absolute Gasteiger partial charge is 0.261 e. The Morgan fingerprint density at radius 3 is 2.46 bits per heavy atom. The Kier molecular flexibility index (Phi) is 6.61. The molecule has 0 radical (unpaired) electrons. The van der Waals surface area contributed by atoms with E-state index in [1.54, 1.807) is 12.1 Å². The van der Waals surface area contributed by atoms with Crippen molar-refractivity contribution in [1.82, 2.24) is 5.32 Å². The summed E-state index contributed by atoms with van der Waals surface area (Å²) in [6.45, 7) is 4.74. The van der Waals surface area contributed by atoms with Crippen molar-refractivity contribution in [2.45, 2.75) is 32.9 Å². The number of halogens is 1. The van der Waals surface area contributed by atoms with Gasteiger partial charge in [-0.05, 0) is 43.2 Å². The van der Waals surface area contributed by atoms with Crippen LogP contribution in [-0.2, 0) is 11.3 Å². The molecule has 24 heavy (non-hydrogen) atoms. The van der Waals surface area contributed by atoms with Crippen LogP contribution in [0.5, 0.6) is 11.5 Å². The number of hydrogen-bond acceptors (Lipinski definition) is 3. The van der Waals surface area contributed by atoms with Crippen molar-refractivity contribution < 1.29 is 18.7 Å². The van der Waals surface area contributed by atoms with Gasteiger partial charge in [-0.25, -0.2) is 4.39 Å². The average Bonchev–Trinajstić information content (AvgIpc) is 2.60. The number of benzene rings is 2. The van der Waals surface area contributed by atoms with Crippen molar-refractivity contribution in [3.63, 3.8) is 0 Å². The van der Waals surface area contributed by atoms with Gasteiger partial charge in [-0.3, -0.25) is 4.79 Å². The Balaban J connectivity index is 1.91. The first kappa shape index (κ1) is 17.8. The van der Waals surface area contributed by atoms with Crippen LogP contribution < -0.4 is 14.8 Å². The Morgan fingerprint density at radius 2 is 1.83 bits per heavy atom. The van der Waals surface area contributed by atoms with Crippen molar-refractivity contribution in [2.75, 3.05) is 6.61 Å². The minimum Gasteiger partial charge on any atom is -0.494 e. The van der Waals surface area contributed by atoms with Gasteiger partial charge in [-0.15, -0.1) is 0 Å². The van der Waals surface area contributed by atoms with E-state index in [4.69, 9.17) is 9.47 Å². The minimum atomic E-state index is -0.732. The van der Waals surface area contributed by atoms with Crippen LogP contribution in [0.15, 0.2) is 48.5 Å². The van der Waals surface area contributed by atoms with E-state index in [1.165, 1.54) is 12.1 Å². The fraction of sp³-hybridized carbons (Fsp3) is 0.316. The molecule has 2 rings (SSSR count). The van der Waals surface area contributed by atoms with E-state index in [2.05, 4.69) is 5.32 Å². The Labute approximate surface area is 141 Å². The van der Waals surface area contributed by atoms with Gasteiger partial charge in [0, 0.05) is 6.54 Å². The summed E-state index contributed by atoms with van der Waals surface area (Å²) in [6.07, 6.45) is -0.284.